The number of rotatable bonds is 3. The van der Waals surface area contributed by atoms with Gasteiger partial charge in [0, 0.05) is 68.5 Å². The van der Waals surface area contributed by atoms with Crippen molar-refractivity contribution < 1.29 is 4.79 Å². The molecule has 8 heteroatoms. The summed E-state index contributed by atoms with van der Waals surface area (Å²) in [4.78, 5) is 29.8. The zero-order valence-electron chi connectivity index (χ0n) is 17.3. The third-order valence-electron chi connectivity index (χ3n) is 5.51. The fourth-order valence-electron chi connectivity index (χ4n) is 3.97. The van der Waals surface area contributed by atoms with Crippen LogP contribution in [0.15, 0.2) is 42.9 Å². The maximum Gasteiger partial charge on any atom is 0.254 e. The lowest BCUT2D eigenvalue weighted by atomic mass is 10.0. The van der Waals surface area contributed by atoms with Crippen LogP contribution in [0.1, 0.15) is 21.6 Å². The van der Waals surface area contributed by atoms with Crippen molar-refractivity contribution in [2.75, 3.05) is 25.5 Å². The van der Waals surface area contributed by atoms with Crippen molar-refractivity contribution in [1.29, 1.82) is 0 Å². The number of aryl methyl sites for hydroxylation is 1. The largest absolute Gasteiger partial charge is 0.362 e. The van der Waals surface area contributed by atoms with Gasteiger partial charge in [-0.2, -0.15) is 5.10 Å². The highest BCUT2D eigenvalue weighted by Crippen LogP contribution is 2.29. The van der Waals surface area contributed by atoms with E-state index in [-0.39, 0.29) is 5.91 Å². The Labute approximate surface area is 174 Å². The molecule has 0 spiro atoms. The van der Waals surface area contributed by atoms with E-state index in [0.29, 0.717) is 30.9 Å². The summed E-state index contributed by atoms with van der Waals surface area (Å²) >= 11 is 0. The molecule has 0 saturated carbocycles. The first-order chi connectivity index (χ1) is 14.5. The van der Waals surface area contributed by atoms with Crippen molar-refractivity contribution in [1.82, 2.24) is 29.6 Å². The van der Waals surface area contributed by atoms with Crippen molar-refractivity contribution in [3.8, 4) is 11.4 Å². The minimum atomic E-state index is 0.0322. The fraction of sp³-hybridized carbons (Fsp3) is 0.273. The molecular formula is C22H23N7O. The molecule has 0 saturated heterocycles. The van der Waals surface area contributed by atoms with Gasteiger partial charge in [0.15, 0.2) is 5.82 Å². The maximum absolute atomic E-state index is 13.2. The van der Waals surface area contributed by atoms with Gasteiger partial charge in [-0.05, 0) is 24.3 Å². The molecule has 152 valence electrons. The molecule has 4 heterocycles. The molecule has 0 aliphatic carbocycles. The first-order valence-electron chi connectivity index (χ1n) is 9.92. The van der Waals surface area contributed by atoms with Gasteiger partial charge >= 0.3 is 0 Å². The Hall–Kier alpha value is -3.68. The van der Waals surface area contributed by atoms with Crippen LogP contribution in [0.2, 0.25) is 0 Å². The van der Waals surface area contributed by atoms with Gasteiger partial charge in [-0.15, -0.1) is 0 Å². The van der Waals surface area contributed by atoms with Gasteiger partial charge in [0.25, 0.3) is 5.91 Å². The number of anilines is 1. The molecule has 0 radical (unpaired) electrons. The fourth-order valence-corrected chi connectivity index (χ4v) is 3.97. The second-order valence-electron chi connectivity index (χ2n) is 7.85. The van der Waals surface area contributed by atoms with Crippen molar-refractivity contribution in [3.63, 3.8) is 0 Å². The van der Waals surface area contributed by atoms with E-state index in [1.165, 1.54) is 0 Å². The lowest BCUT2D eigenvalue weighted by molar-refractivity contribution is 0.0734. The van der Waals surface area contributed by atoms with Crippen LogP contribution in [0.5, 0.6) is 0 Å². The van der Waals surface area contributed by atoms with E-state index in [4.69, 9.17) is 9.97 Å². The second kappa shape index (κ2) is 6.98. The van der Waals surface area contributed by atoms with Crippen LogP contribution in [0.25, 0.3) is 22.3 Å². The summed E-state index contributed by atoms with van der Waals surface area (Å²) in [6.45, 7) is 1.13. The molecule has 1 N–H and O–H groups in total. The zero-order chi connectivity index (χ0) is 20.8. The molecule has 3 aromatic heterocycles. The molecule has 30 heavy (non-hydrogen) atoms. The lowest BCUT2D eigenvalue weighted by Crippen LogP contribution is -2.37. The monoisotopic (exact) mass is 401 g/mol. The third-order valence-corrected chi connectivity index (χ3v) is 5.51. The van der Waals surface area contributed by atoms with E-state index in [1.807, 2.05) is 67.6 Å². The van der Waals surface area contributed by atoms with Gasteiger partial charge in [-0.25, -0.2) is 9.97 Å². The Morgan fingerprint density at radius 3 is 2.83 bits per heavy atom. The molecule has 0 bridgehead atoms. The van der Waals surface area contributed by atoms with Crippen LogP contribution >= 0.6 is 0 Å². The number of hydrogen-bond acceptors (Lipinski definition) is 5. The van der Waals surface area contributed by atoms with Gasteiger partial charge in [0.05, 0.1) is 24.0 Å². The van der Waals surface area contributed by atoms with E-state index in [2.05, 4.69) is 10.1 Å². The van der Waals surface area contributed by atoms with Crippen molar-refractivity contribution in [2.45, 2.75) is 13.0 Å². The maximum atomic E-state index is 13.2. The number of fused-ring (bicyclic) bond motifs is 2. The number of H-pyrrole nitrogens is 1. The highest BCUT2D eigenvalue weighted by Gasteiger charge is 2.27. The van der Waals surface area contributed by atoms with Gasteiger partial charge < -0.3 is 14.8 Å². The number of aromatic amines is 1. The minimum absolute atomic E-state index is 0.0322. The van der Waals surface area contributed by atoms with Gasteiger partial charge in [-0.1, -0.05) is 0 Å². The highest BCUT2D eigenvalue weighted by atomic mass is 16.2. The van der Waals surface area contributed by atoms with E-state index in [9.17, 15) is 4.79 Å². The van der Waals surface area contributed by atoms with E-state index in [1.54, 1.807) is 10.9 Å². The van der Waals surface area contributed by atoms with Crippen LogP contribution in [0.4, 0.5) is 5.82 Å². The Morgan fingerprint density at radius 1 is 1.20 bits per heavy atom. The molecule has 0 fully saturated rings. The summed E-state index contributed by atoms with van der Waals surface area (Å²) < 4.78 is 1.75. The number of nitrogens with zero attached hydrogens (tertiary/aromatic N) is 6. The molecule has 1 aliphatic rings. The quantitative estimate of drug-likeness (QED) is 0.571. The SMILES string of the molecule is CN(C)c1nc(-c2cnn(C)c2)nc2c1CN(C(=O)c1ccc3[nH]ccc3c1)CC2. The van der Waals surface area contributed by atoms with Crippen LogP contribution in [0.3, 0.4) is 0 Å². The average Bonchev–Trinajstić information content (AvgIpc) is 3.40. The van der Waals surface area contributed by atoms with E-state index >= 15 is 0 Å². The van der Waals surface area contributed by atoms with E-state index < -0.39 is 0 Å². The summed E-state index contributed by atoms with van der Waals surface area (Å²) in [5.41, 5.74) is 4.63. The predicted octanol–water partition coefficient (Wildman–Crippen LogP) is 2.62. The van der Waals surface area contributed by atoms with Crippen LogP contribution in [-0.2, 0) is 20.0 Å². The Morgan fingerprint density at radius 2 is 2.07 bits per heavy atom. The summed E-state index contributed by atoms with van der Waals surface area (Å²) in [5, 5.41) is 5.27. The van der Waals surface area contributed by atoms with Gasteiger partial charge in [0.1, 0.15) is 5.82 Å². The Kier molecular flexibility index (Phi) is 4.27. The van der Waals surface area contributed by atoms with Crippen LogP contribution < -0.4 is 4.90 Å². The molecule has 1 aromatic carbocycles. The zero-order valence-corrected chi connectivity index (χ0v) is 17.3. The number of carbonyl (C=O) groups excluding carboxylic acids is 1. The molecule has 8 nitrogen and oxygen atoms in total. The molecule has 1 aliphatic heterocycles. The van der Waals surface area contributed by atoms with Crippen LogP contribution in [0, 0.1) is 0 Å². The number of aromatic nitrogens is 5. The second-order valence-corrected chi connectivity index (χ2v) is 7.85. The lowest BCUT2D eigenvalue weighted by Gasteiger charge is -2.31. The minimum Gasteiger partial charge on any atom is -0.362 e. The number of amides is 1. The number of benzene rings is 1. The molecule has 4 aromatic rings. The summed E-state index contributed by atoms with van der Waals surface area (Å²) in [7, 11) is 5.82. The van der Waals surface area contributed by atoms with Crippen LogP contribution in [-0.4, -0.2) is 56.2 Å². The van der Waals surface area contributed by atoms with Gasteiger partial charge in [-0.3, -0.25) is 9.48 Å². The standard InChI is InChI=1S/C22H23N7O/c1-27(2)21-17-13-29(22(30)15-4-5-18-14(10-15)6-8-23-18)9-7-19(17)25-20(26-21)16-11-24-28(3)12-16/h4-6,8,10-12,23H,7,9,13H2,1-3H3. The summed E-state index contributed by atoms with van der Waals surface area (Å²) in [6, 6.07) is 7.76. The molecule has 0 unspecified atom stereocenters. The van der Waals surface area contributed by atoms with Crippen molar-refractivity contribution in [3.05, 3.63) is 59.7 Å². The number of nitrogens with one attached hydrogen (secondary N) is 1. The summed E-state index contributed by atoms with van der Waals surface area (Å²) in [6.07, 6.45) is 6.27. The topological polar surface area (TPSA) is 82.9 Å². The first-order valence-corrected chi connectivity index (χ1v) is 9.92. The number of carbonyl (C=O) groups is 1. The molecule has 1 amide bonds. The Balaban J connectivity index is 1.48. The predicted molar refractivity (Wildman–Crippen MR) is 115 cm³/mol. The van der Waals surface area contributed by atoms with E-state index in [0.717, 1.165) is 33.5 Å². The molecule has 5 rings (SSSR count). The van der Waals surface area contributed by atoms with Gasteiger partial charge in [0.2, 0.25) is 0 Å². The summed E-state index contributed by atoms with van der Waals surface area (Å²) in [5.74, 6) is 1.55. The third kappa shape index (κ3) is 3.10. The normalized spacial score (nSPS) is 13.5. The molecular weight excluding hydrogens is 378 g/mol. The van der Waals surface area contributed by atoms with Crippen molar-refractivity contribution in [2.24, 2.45) is 7.05 Å². The smallest absolute Gasteiger partial charge is 0.254 e. The average molecular weight is 401 g/mol. The Bertz CT molecular complexity index is 1250. The molecule has 0 atom stereocenters. The van der Waals surface area contributed by atoms with Crippen molar-refractivity contribution >= 4 is 22.6 Å². The number of hydrogen-bond donors (Lipinski definition) is 1. The highest BCUT2D eigenvalue weighted by molar-refractivity contribution is 5.98. The first kappa shape index (κ1) is 18.4.